The zero-order chi connectivity index (χ0) is 14.0. The maximum Gasteiger partial charge on any atom is 0.261 e. The van der Waals surface area contributed by atoms with Crippen molar-refractivity contribution in [3.63, 3.8) is 0 Å². The highest BCUT2D eigenvalue weighted by atomic mass is 35.5. The molecule has 1 aromatic heterocycles. The lowest BCUT2D eigenvalue weighted by atomic mass is 10.1. The lowest BCUT2D eigenvalue weighted by Gasteiger charge is -2.13. The molecule has 5 nitrogen and oxygen atoms in total. The molecule has 0 aliphatic rings. The van der Waals surface area contributed by atoms with Crippen molar-refractivity contribution in [2.75, 3.05) is 0 Å². The van der Waals surface area contributed by atoms with Gasteiger partial charge in [0.05, 0.1) is 6.33 Å². The van der Waals surface area contributed by atoms with Crippen LogP contribution < -0.4 is 4.72 Å². The van der Waals surface area contributed by atoms with Crippen LogP contribution in [0.4, 0.5) is 0 Å². The van der Waals surface area contributed by atoms with E-state index in [0.29, 0.717) is 0 Å². The molecule has 7 heteroatoms. The van der Waals surface area contributed by atoms with E-state index in [1.165, 1.54) is 10.9 Å². The Morgan fingerprint density at radius 2 is 1.95 bits per heavy atom. The van der Waals surface area contributed by atoms with E-state index in [4.69, 9.17) is 11.6 Å². The summed E-state index contributed by atoms with van der Waals surface area (Å²) in [5, 5.41) is -0.0628. The number of aryl methyl sites for hydroxylation is 1. The van der Waals surface area contributed by atoms with Gasteiger partial charge >= 0.3 is 0 Å². The highest BCUT2D eigenvalue weighted by Crippen LogP contribution is 2.21. The van der Waals surface area contributed by atoms with Crippen LogP contribution in [0.1, 0.15) is 18.5 Å². The molecule has 1 heterocycles. The number of hydrogen-bond acceptors (Lipinski definition) is 3. The smallest absolute Gasteiger partial charge is 0.261 e. The molecule has 0 spiro atoms. The van der Waals surface area contributed by atoms with Gasteiger partial charge in [-0.2, -0.15) is 0 Å². The summed E-state index contributed by atoms with van der Waals surface area (Å²) in [6, 6.07) is 8.94. The molecule has 2 rings (SSSR count). The van der Waals surface area contributed by atoms with Gasteiger partial charge in [-0.25, -0.2) is 18.1 Å². The van der Waals surface area contributed by atoms with E-state index in [1.807, 2.05) is 30.3 Å². The molecule has 0 saturated heterocycles. The Balaban J connectivity index is 2.25. The molecule has 19 heavy (non-hydrogen) atoms. The first-order valence-corrected chi connectivity index (χ1v) is 7.52. The number of sulfonamides is 1. The molecule has 0 aliphatic heterocycles. The summed E-state index contributed by atoms with van der Waals surface area (Å²) >= 11 is 5.90. The van der Waals surface area contributed by atoms with Crippen LogP contribution in [0, 0.1) is 0 Å². The summed E-state index contributed by atoms with van der Waals surface area (Å²) < 4.78 is 28.4. The third-order valence-corrected chi connectivity index (χ3v) is 4.75. The van der Waals surface area contributed by atoms with E-state index in [1.54, 1.807) is 14.0 Å². The number of imidazole rings is 1. The number of halogens is 1. The second kappa shape index (κ2) is 5.32. The minimum atomic E-state index is -3.73. The van der Waals surface area contributed by atoms with Crippen molar-refractivity contribution in [1.29, 1.82) is 0 Å². The molecule has 0 amide bonds. The Morgan fingerprint density at radius 1 is 1.32 bits per heavy atom. The molecule has 2 aromatic rings. The maximum atomic E-state index is 12.2. The number of hydrogen-bond donors (Lipinski definition) is 1. The predicted octanol–water partition coefficient (Wildman–Crippen LogP) is 2.11. The van der Waals surface area contributed by atoms with Gasteiger partial charge in [-0.3, -0.25) is 0 Å². The fourth-order valence-corrected chi connectivity index (χ4v) is 3.33. The van der Waals surface area contributed by atoms with E-state index in [0.717, 1.165) is 5.56 Å². The fraction of sp³-hybridized carbons (Fsp3) is 0.250. The van der Waals surface area contributed by atoms with Crippen LogP contribution in [0.15, 0.2) is 41.7 Å². The molecular formula is C12H14ClN3O2S. The molecule has 1 aromatic carbocycles. The van der Waals surface area contributed by atoms with Crippen molar-refractivity contribution >= 4 is 21.6 Å². The quantitative estimate of drug-likeness (QED) is 0.940. The third-order valence-electron chi connectivity index (χ3n) is 2.72. The molecule has 0 fully saturated rings. The maximum absolute atomic E-state index is 12.2. The van der Waals surface area contributed by atoms with Crippen molar-refractivity contribution in [1.82, 2.24) is 14.3 Å². The first kappa shape index (κ1) is 14.0. The SMILES string of the molecule is CC(NS(=O)(=O)c1ncn(C)c1Cl)c1ccccc1. The van der Waals surface area contributed by atoms with Crippen LogP contribution in [-0.4, -0.2) is 18.0 Å². The second-order valence-corrected chi connectivity index (χ2v) is 6.19. The fourth-order valence-electron chi connectivity index (χ4n) is 1.67. The minimum Gasteiger partial charge on any atom is -0.324 e. The Morgan fingerprint density at radius 3 is 2.47 bits per heavy atom. The Bertz CT molecular complexity index is 668. The van der Waals surface area contributed by atoms with Crippen molar-refractivity contribution in [3.05, 3.63) is 47.4 Å². The monoisotopic (exact) mass is 299 g/mol. The average molecular weight is 300 g/mol. The minimum absolute atomic E-state index is 0.0905. The Labute approximate surface area is 117 Å². The number of nitrogens with zero attached hydrogens (tertiary/aromatic N) is 2. The third kappa shape index (κ3) is 2.97. The van der Waals surface area contributed by atoms with E-state index < -0.39 is 10.0 Å². The first-order valence-electron chi connectivity index (χ1n) is 5.66. The predicted molar refractivity (Wildman–Crippen MR) is 73.4 cm³/mol. The van der Waals surface area contributed by atoms with Crippen LogP contribution in [0.2, 0.25) is 5.15 Å². The number of aromatic nitrogens is 2. The normalized spacial score (nSPS) is 13.4. The van der Waals surface area contributed by atoms with Gasteiger partial charge in [0.1, 0.15) is 5.15 Å². The summed E-state index contributed by atoms with van der Waals surface area (Å²) in [7, 11) is -2.10. The second-order valence-electron chi connectivity index (χ2n) is 4.21. The van der Waals surface area contributed by atoms with Crippen LogP contribution in [0.3, 0.4) is 0 Å². The van der Waals surface area contributed by atoms with E-state index in [-0.39, 0.29) is 16.2 Å². The van der Waals surface area contributed by atoms with Crippen molar-refractivity contribution in [3.8, 4) is 0 Å². The number of rotatable bonds is 4. The van der Waals surface area contributed by atoms with Gasteiger partial charge in [-0.1, -0.05) is 41.9 Å². The standard InChI is InChI=1S/C12H14ClN3O2S/c1-9(10-6-4-3-5-7-10)15-19(17,18)12-11(13)16(2)8-14-12/h3-9,15H,1-2H3. The summed E-state index contributed by atoms with van der Waals surface area (Å²) in [5.74, 6) is 0. The molecule has 0 radical (unpaired) electrons. The average Bonchev–Trinajstić information content (AvgIpc) is 2.71. The molecule has 0 saturated carbocycles. The highest BCUT2D eigenvalue weighted by Gasteiger charge is 2.24. The van der Waals surface area contributed by atoms with Crippen LogP contribution in [-0.2, 0) is 17.1 Å². The molecule has 0 bridgehead atoms. The lowest BCUT2D eigenvalue weighted by Crippen LogP contribution is -2.27. The topological polar surface area (TPSA) is 64.0 Å². The zero-order valence-corrected chi connectivity index (χ0v) is 12.1. The van der Waals surface area contributed by atoms with Gasteiger partial charge < -0.3 is 4.57 Å². The highest BCUT2D eigenvalue weighted by molar-refractivity contribution is 7.89. The lowest BCUT2D eigenvalue weighted by molar-refractivity contribution is 0.563. The van der Waals surface area contributed by atoms with E-state index in [2.05, 4.69) is 9.71 Å². The molecule has 0 aliphatic carbocycles. The van der Waals surface area contributed by atoms with Gasteiger partial charge in [0, 0.05) is 13.1 Å². The molecular weight excluding hydrogens is 286 g/mol. The van der Waals surface area contributed by atoms with Crippen molar-refractivity contribution < 1.29 is 8.42 Å². The van der Waals surface area contributed by atoms with Gasteiger partial charge in [0.25, 0.3) is 10.0 Å². The summed E-state index contributed by atoms with van der Waals surface area (Å²) in [6.07, 6.45) is 1.37. The first-order chi connectivity index (χ1) is 8.92. The Hall–Kier alpha value is -1.37. The molecule has 1 N–H and O–H groups in total. The summed E-state index contributed by atoms with van der Waals surface area (Å²) in [4.78, 5) is 3.81. The molecule has 1 atom stereocenters. The Kier molecular flexibility index (Phi) is 3.93. The molecule has 1 unspecified atom stereocenters. The summed E-state index contributed by atoms with van der Waals surface area (Å²) in [5.41, 5.74) is 0.873. The van der Waals surface area contributed by atoms with E-state index >= 15 is 0 Å². The molecule has 102 valence electrons. The van der Waals surface area contributed by atoms with Crippen molar-refractivity contribution in [2.24, 2.45) is 7.05 Å². The van der Waals surface area contributed by atoms with Gasteiger partial charge in [0.2, 0.25) is 5.03 Å². The van der Waals surface area contributed by atoms with Crippen LogP contribution in [0.5, 0.6) is 0 Å². The van der Waals surface area contributed by atoms with E-state index in [9.17, 15) is 8.42 Å². The van der Waals surface area contributed by atoms with Gasteiger partial charge in [-0.15, -0.1) is 0 Å². The van der Waals surface area contributed by atoms with Crippen LogP contribution >= 0.6 is 11.6 Å². The summed E-state index contributed by atoms with van der Waals surface area (Å²) in [6.45, 7) is 1.77. The number of nitrogens with one attached hydrogen (secondary N) is 1. The van der Waals surface area contributed by atoms with Gasteiger partial charge in [0.15, 0.2) is 0 Å². The number of benzene rings is 1. The van der Waals surface area contributed by atoms with Crippen LogP contribution in [0.25, 0.3) is 0 Å². The zero-order valence-electron chi connectivity index (χ0n) is 10.5. The van der Waals surface area contributed by atoms with Crippen molar-refractivity contribution in [2.45, 2.75) is 18.0 Å². The largest absolute Gasteiger partial charge is 0.324 e. The van der Waals surface area contributed by atoms with Gasteiger partial charge in [-0.05, 0) is 12.5 Å².